The highest BCUT2D eigenvalue weighted by atomic mass is 19.4. The number of benzene rings is 1. The molecule has 21 heavy (non-hydrogen) atoms. The van der Waals surface area contributed by atoms with E-state index in [1.54, 1.807) is 0 Å². The molecule has 2 rings (SSSR count). The van der Waals surface area contributed by atoms with Crippen LogP contribution in [0.5, 0.6) is 0 Å². The van der Waals surface area contributed by atoms with Gasteiger partial charge in [0.1, 0.15) is 5.69 Å². The molecular weight excluding hydrogens is 287 g/mol. The van der Waals surface area contributed by atoms with Gasteiger partial charge < -0.3 is 9.67 Å². The molecule has 1 heterocycles. The quantitative estimate of drug-likeness (QED) is 0.882. The highest BCUT2D eigenvalue weighted by molar-refractivity contribution is 5.96. The molecule has 0 fully saturated rings. The predicted octanol–water partition coefficient (Wildman–Crippen LogP) is 3.09. The highest BCUT2D eigenvalue weighted by Crippen LogP contribution is 2.29. The largest absolute Gasteiger partial charge is 0.477 e. The maximum absolute atomic E-state index is 12.4. The van der Waals surface area contributed by atoms with Gasteiger partial charge in [-0.2, -0.15) is 13.2 Å². The van der Waals surface area contributed by atoms with E-state index < -0.39 is 23.5 Å². The third-order valence-electron chi connectivity index (χ3n) is 2.90. The molecule has 0 radical (unpaired) electrons. The lowest BCUT2D eigenvalue weighted by molar-refractivity contribution is -0.137. The number of ketones is 1. The first-order chi connectivity index (χ1) is 9.79. The smallest absolute Gasteiger partial charge is 0.416 e. The van der Waals surface area contributed by atoms with Gasteiger partial charge in [0.2, 0.25) is 0 Å². The number of aromatic carboxylic acids is 1. The summed E-state index contributed by atoms with van der Waals surface area (Å²) in [6, 6.07) is 6.61. The van der Waals surface area contributed by atoms with Crippen LogP contribution in [0.15, 0.2) is 42.6 Å². The maximum Gasteiger partial charge on any atom is 0.416 e. The second-order valence-electron chi connectivity index (χ2n) is 4.32. The van der Waals surface area contributed by atoms with Gasteiger partial charge in [-0.15, -0.1) is 0 Å². The number of carboxylic acids is 1. The van der Waals surface area contributed by atoms with E-state index in [0.717, 1.165) is 24.3 Å². The fraction of sp³-hybridized carbons (Fsp3) is 0.143. The summed E-state index contributed by atoms with van der Waals surface area (Å²) in [4.78, 5) is 22.9. The second kappa shape index (κ2) is 5.43. The summed E-state index contributed by atoms with van der Waals surface area (Å²) in [6.07, 6.45) is -3.04. The van der Waals surface area contributed by atoms with Gasteiger partial charge in [-0.25, -0.2) is 4.79 Å². The van der Waals surface area contributed by atoms with Crippen LogP contribution in [-0.2, 0) is 12.7 Å². The van der Waals surface area contributed by atoms with Crippen LogP contribution >= 0.6 is 0 Å². The minimum atomic E-state index is -4.46. The predicted molar refractivity (Wildman–Crippen MR) is 67.2 cm³/mol. The number of carbonyl (C=O) groups excluding carboxylic acids is 1. The standard InChI is InChI=1S/C14H10F3NO3/c15-14(16,17)10-5-3-9(4-6-10)12(19)8-18-7-1-2-11(18)13(20)21/h1-7H,8H2,(H,20,21). The molecule has 1 N–H and O–H groups in total. The zero-order valence-electron chi connectivity index (χ0n) is 10.6. The number of alkyl halides is 3. The van der Waals surface area contributed by atoms with Crippen molar-refractivity contribution in [1.29, 1.82) is 0 Å². The first-order valence-corrected chi connectivity index (χ1v) is 5.88. The average Bonchev–Trinajstić information content (AvgIpc) is 2.86. The second-order valence-corrected chi connectivity index (χ2v) is 4.32. The topological polar surface area (TPSA) is 59.3 Å². The summed E-state index contributed by atoms with van der Waals surface area (Å²) in [5.74, 6) is -1.65. The molecule has 1 aromatic carbocycles. The molecule has 0 atom stereocenters. The zero-order valence-corrected chi connectivity index (χ0v) is 10.6. The van der Waals surface area contributed by atoms with Crippen molar-refractivity contribution in [3.63, 3.8) is 0 Å². The molecular formula is C14H10F3NO3. The molecule has 0 amide bonds. The Kier molecular flexibility index (Phi) is 3.84. The molecule has 1 aromatic heterocycles. The number of nitrogens with zero attached hydrogens (tertiary/aromatic N) is 1. The monoisotopic (exact) mass is 297 g/mol. The molecule has 0 aliphatic rings. The molecule has 0 aliphatic carbocycles. The van der Waals surface area contributed by atoms with Crippen LogP contribution in [0.25, 0.3) is 0 Å². The Morgan fingerprint density at radius 3 is 2.24 bits per heavy atom. The van der Waals surface area contributed by atoms with Gasteiger partial charge in [0.15, 0.2) is 5.78 Å². The summed E-state index contributed by atoms with van der Waals surface area (Å²) in [7, 11) is 0. The Morgan fingerprint density at radius 1 is 1.10 bits per heavy atom. The zero-order chi connectivity index (χ0) is 15.6. The third kappa shape index (κ3) is 3.31. The lowest BCUT2D eigenvalue weighted by Gasteiger charge is -2.08. The van der Waals surface area contributed by atoms with Gasteiger partial charge in [-0.05, 0) is 24.3 Å². The van der Waals surface area contributed by atoms with Gasteiger partial charge in [-0.1, -0.05) is 12.1 Å². The van der Waals surface area contributed by atoms with Gasteiger partial charge in [0.25, 0.3) is 0 Å². The average molecular weight is 297 g/mol. The van der Waals surface area contributed by atoms with Crippen molar-refractivity contribution in [2.75, 3.05) is 0 Å². The van der Waals surface area contributed by atoms with E-state index in [4.69, 9.17) is 5.11 Å². The van der Waals surface area contributed by atoms with E-state index >= 15 is 0 Å². The molecule has 4 nitrogen and oxygen atoms in total. The number of halogens is 3. The van der Waals surface area contributed by atoms with Crippen molar-refractivity contribution < 1.29 is 27.9 Å². The Balaban J connectivity index is 2.17. The molecule has 0 unspecified atom stereocenters. The van der Waals surface area contributed by atoms with Crippen molar-refractivity contribution in [2.45, 2.75) is 12.7 Å². The SMILES string of the molecule is O=C(Cn1cccc1C(=O)O)c1ccc(C(F)(F)F)cc1. The van der Waals surface area contributed by atoms with Crippen LogP contribution < -0.4 is 0 Å². The molecule has 0 spiro atoms. The van der Waals surface area contributed by atoms with Crippen LogP contribution in [0.4, 0.5) is 13.2 Å². The Labute approximate surface area is 117 Å². The van der Waals surface area contributed by atoms with Crippen LogP contribution in [0.2, 0.25) is 0 Å². The van der Waals surface area contributed by atoms with E-state index in [2.05, 4.69) is 0 Å². The van der Waals surface area contributed by atoms with Crippen LogP contribution in [0.3, 0.4) is 0 Å². The summed E-state index contributed by atoms with van der Waals surface area (Å²) in [5.41, 5.74) is -0.811. The van der Waals surface area contributed by atoms with Crippen molar-refractivity contribution >= 4 is 11.8 Å². The number of aromatic nitrogens is 1. The molecule has 0 aliphatic heterocycles. The first kappa shape index (κ1) is 14.8. The van der Waals surface area contributed by atoms with E-state index in [1.807, 2.05) is 0 Å². The normalized spacial score (nSPS) is 11.4. The highest BCUT2D eigenvalue weighted by Gasteiger charge is 2.30. The summed E-state index contributed by atoms with van der Waals surface area (Å²) < 4.78 is 38.5. The fourth-order valence-corrected chi connectivity index (χ4v) is 1.84. The number of hydrogen-bond acceptors (Lipinski definition) is 2. The number of hydrogen-bond donors (Lipinski definition) is 1. The minimum absolute atomic E-state index is 0.0599. The van der Waals surface area contributed by atoms with E-state index in [1.165, 1.54) is 22.9 Å². The van der Waals surface area contributed by atoms with Crippen molar-refractivity contribution in [2.24, 2.45) is 0 Å². The molecule has 110 valence electrons. The van der Waals surface area contributed by atoms with Crippen molar-refractivity contribution in [3.8, 4) is 0 Å². The molecule has 0 saturated heterocycles. The van der Waals surface area contributed by atoms with Crippen LogP contribution in [0.1, 0.15) is 26.4 Å². The molecule has 7 heteroatoms. The van der Waals surface area contributed by atoms with E-state index in [9.17, 15) is 22.8 Å². The van der Waals surface area contributed by atoms with Crippen molar-refractivity contribution in [1.82, 2.24) is 4.57 Å². The molecule has 0 bridgehead atoms. The summed E-state index contributed by atoms with van der Waals surface area (Å²) >= 11 is 0. The Morgan fingerprint density at radius 2 is 1.71 bits per heavy atom. The van der Waals surface area contributed by atoms with Crippen LogP contribution in [-0.4, -0.2) is 21.4 Å². The third-order valence-corrected chi connectivity index (χ3v) is 2.90. The lowest BCUT2D eigenvalue weighted by atomic mass is 10.1. The number of carboxylic acid groups (broad SMARTS) is 1. The van der Waals surface area contributed by atoms with E-state index in [0.29, 0.717) is 0 Å². The summed E-state index contributed by atoms with van der Waals surface area (Å²) in [5, 5.41) is 8.91. The number of carbonyl (C=O) groups is 2. The number of Topliss-reactive ketones (excluding diaryl/α,β-unsaturated/α-hetero) is 1. The number of rotatable bonds is 4. The van der Waals surface area contributed by atoms with Gasteiger partial charge in [-0.3, -0.25) is 4.79 Å². The van der Waals surface area contributed by atoms with Crippen molar-refractivity contribution in [3.05, 3.63) is 59.4 Å². The van der Waals surface area contributed by atoms with Gasteiger partial charge in [0.05, 0.1) is 12.1 Å². The van der Waals surface area contributed by atoms with Crippen LogP contribution in [0, 0.1) is 0 Å². The van der Waals surface area contributed by atoms with Gasteiger partial charge in [0, 0.05) is 11.8 Å². The molecule has 2 aromatic rings. The Bertz CT molecular complexity index is 672. The first-order valence-electron chi connectivity index (χ1n) is 5.88. The fourth-order valence-electron chi connectivity index (χ4n) is 1.84. The minimum Gasteiger partial charge on any atom is -0.477 e. The Hall–Kier alpha value is -2.57. The van der Waals surface area contributed by atoms with E-state index in [-0.39, 0.29) is 17.8 Å². The summed E-state index contributed by atoms with van der Waals surface area (Å²) in [6.45, 7) is -0.250. The lowest BCUT2D eigenvalue weighted by Crippen LogP contribution is -2.15. The van der Waals surface area contributed by atoms with Gasteiger partial charge >= 0.3 is 12.1 Å². The molecule has 0 saturated carbocycles. The maximum atomic E-state index is 12.4.